The number of aryl methyl sites for hydroxylation is 2. The van der Waals surface area contributed by atoms with Gasteiger partial charge in [-0.2, -0.15) is 0 Å². The molecule has 1 saturated heterocycles. The second kappa shape index (κ2) is 6.86. The number of carbonyl (C=O) groups excluding carboxylic acids is 1. The van der Waals surface area contributed by atoms with Crippen molar-refractivity contribution in [3.8, 4) is 0 Å². The van der Waals surface area contributed by atoms with Crippen LogP contribution in [0.4, 0.5) is 0 Å². The number of benzene rings is 2. The maximum atomic E-state index is 13.2. The van der Waals surface area contributed by atoms with E-state index in [1.807, 2.05) is 36.1 Å². The van der Waals surface area contributed by atoms with Crippen molar-refractivity contribution in [1.29, 1.82) is 0 Å². The van der Waals surface area contributed by atoms with E-state index in [9.17, 15) is 4.79 Å². The summed E-state index contributed by atoms with van der Waals surface area (Å²) in [5.41, 5.74) is 4.12. The Bertz CT molecular complexity index is 972. The Kier molecular flexibility index (Phi) is 4.52. The van der Waals surface area contributed by atoms with Gasteiger partial charge in [0.2, 0.25) is 0 Å². The van der Waals surface area contributed by atoms with Crippen LogP contribution in [-0.2, 0) is 0 Å². The third kappa shape index (κ3) is 3.37. The number of furan rings is 1. The summed E-state index contributed by atoms with van der Waals surface area (Å²) in [6.07, 6.45) is 0. The first-order chi connectivity index (χ1) is 12.9. The number of rotatable bonds is 3. The van der Waals surface area contributed by atoms with Gasteiger partial charge in [-0.3, -0.25) is 4.79 Å². The molecule has 27 heavy (non-hydrogen) atoms. The van der Waals surface area contributed by atoms with Crippen LogP contribution < -0.4 is 0 Å². The van der Waals surface area contributed by atoms with E-state index >= 15 is 0 Å². The molecule has 0 unspecified atom stereocenters. The molecule has 1 aliphatic heterocycles. The number of likely N-dealkylation sites (tertiary alicyclic amines) is 1. The second-order valence-electron chi connectivity index (χ2n) is 7.87. The molecule has 4 nitrogen and oxygen atoms in total. The van der Waals surface area contributed by atoms with E-state index in [0.29, 0.717) is 12.0 Å². The quantitative estimate of drug-likeness (QED) is 0.700. The van der Waals surface area contributed by atoms with E-state index in [-0.39, 0.29) is 5.91 Å². The van der Waals surface area contributed by atoms with Crippen molar-refractivity contribution in [2.45, 2.75) is 25.8 Å². The molecule has 4 rings (SSSR count). The van der Waals surface area contributed by atoms with Gasteiger partial charge in [-0.05, 0) is 57.8 Å². The molecule has 0 saturated carbocycles. The molecule has 0 spiro atoms. The summed E-state index contributed by atoms with van der Waals surface area (Å²) in [6, 6.07) is 16.7. The van der Waals surface area contributed by atoms with Gasteiger partial charge in [0.15, 0.2) is 0 Å². The summed E-state index contributed by atoms with van der Waals surface area (Å²) in [7, 11) is 4.19. The minimum Gasteiger partial charge on any atom is -0.461 e. The van der Waals surface area contributed by atoms with Crippen molar-refractivity contribution in [2.24, 2.45) is 0 Å². The van der Waals surface area contributed by atoms with Crippen LogP contribution in [0.25, 0.3) is 11.0 Å². The van der Waals surface area contributed by atoms with Crippen molar-refractivity contribution in [2.75, 3.05) is 27.2 Å². The zero-order chi connectivity index (χ0) is 19.1. The fourth-order valence-electron chi connectivity index (χ4n) is 4.11. The van der Waals surface area contributed by atoms with Crippen molar-refractivity contribution in [1.82, 2.24) is 9.80 Å². The van der Waals surface area contributed by atoms with Crippen molar-refractivity contribution in [3.05, 3.63) is 71.0 Å². The van der Waals surface area contributed by atoms with Crippen LogP contribution in [0.1, 0.15) is 33.2 Å². The molecule has 1 fully saturated rings. The Hall–Kier alpha value is -2.59. The van der Waals surface area contributed by atoms with E-state index < -0.39 is 0 Å². The van der Waals surface area contributed by atoms with Gasteiger partial charge in [-0.1, -0.05) is 29.8 Å². The number of amides is 1. The van der Waals surface area contributed by atoms with Crippen LogP contribution in [0.15, 0.2) is 52.9 Å². The first-order valence-electron chi connectivity index (χ1n) is 9.45. The third-order valence-corrected chi connectivity index (χ3v) is 5.63. The van der Waals surface area contributed by atoms with Crippen LogP contribution in [0.2, 0.25) is 0 Å². The van der Waals surface area contributed by atoms with Gasteiger partial charge < -0.3 is 14.2 Å². The molecule has 0 radical (unpaired) electrons. The lowest BCUT2D eigenvalue weighted by atomic mass is 9.93. The van der Waals surface area contributed by atoms with Crippen molar-refractivity contribution in [3.63, 3.8) is 0 Å². The monoisotopic (exact) mass is 362 g/mol. The second-order valence-corrected chi connectivity index (χ2v) is 7.87. The number of hydrogen-bond donors (Lipinski definition) is 0. The maximum absolute atomic E-state index is 13.2. The molecule has 2 atom stereocenters. The average Bonchev–Trinajstić information content (AvgIpc) is 3.24. The molecule has 1 amide bonds. The minimum atomic E-state index is 0.0946. The molecular weight excluding hydrogens is 336 g/mol. The fourth-order valence-corrected chi connectivity index (χ4v) is 4.11. The molecule has 4 heteroatoms. The largest absolute Gasteiger partial charge is 0.461 e. The van der Waals surface area contributed by atoms with Gasteiger partial charge in [-0.15, -0.1) is 0 Å². The molecule has 0 bridgehead atoms. The standard InChI is InChI=1S/C23H26N2O2/c1-15-5-7-17(8-6-15)20-13-25(14-21(20)24(3)4)23(26)18-9-10-22-19(12-18)11-16(2)27-22/h5-12,20-21H,13-14H2,1-4H3/t20-,21+/m0/s1. The highest BCUT2D eigenvalue weighted by Crippen LogP contribution is 2.32. The SMILES string of the molecule is Cc1ccc([C@@H]2CN(C(=O)c3ccc4oc(C)cc4c3)C[C@H]2N(C)C)cc1. The highest BCUT2D eigenvalue weighted by atomic mass is 16.3. The summed E-state index contributed by atoms with van der Waals surface area (Å²) >= 11 is 0. The molecule has 0 aliphatic carbocycles. The first kappa shape index (κ1) is 17.8. The molecule has 3 aromatic rings. The normalized spacial score (nSPS) is 20.0. The number of fused-ring (bicyclic) bond motifs is 1. The van der Waals surface area contributed by atoms with Gasteiger partial charge >= 0.3 is 0 Å². The van der Waals surface area contributed by atoms with Crippen LogP contribution in [0.3, 0.4) is 0 Å². The van der Waals surface area contributed by atoms with Gasteiger partial charge in [-0.25, -0.2) is 0 Å². The van der Waals surface area contributed by atoms with Gasteiger partial charge in [0.25, 0.3) is 5.91 Å². The smallest absolute Gasteiger partial charge is 0.253 e. The van der Waals surface area contributed by atoms with Gasteiger partial charge in [0.05, 0.1) is 0 Å². The summed E-state index contributed by atoms with van der Waals surface area (Å²) in [6.45, 7) is 5.52. The predicted octanol–water partition coefficient (Wildman–Crippen LogP) is 4.22. The third-order valence-electron chi connectivity index (χ3n) is 5.63. The molecule has 2 aromatic carbocycles. The highest BCUT2D eigenvalue weighted by molar-refractivity contribution is 5.98. The first-order valence-corrected chi connectivity index (χ1v) is 9.45. The lowest BCUT2D eigenvalue weighted by Gasteiger charge is -2.25. The van der Waals surface area contributed by atoms with Crippen LogP contribution in [-0.4, -0.2) is 48.9 Å². The van der Waals surface area contributed by atoms with E-state index in [2.05, 4.69) is 50.2 Å². The van der Waals surface area contributed by atoms with Crippen LogP contribution >= 0.6 is 0 Å². The zero-order valence-electron chi connectivity index (χ0n) is 16.4. The topological polar surface area (TPSA) is 36.7 Å². The molecule has 2 heterocycles. The Morgan fingerprint density at radius 1 is 1.04 bits per heavy atom. The van der Waals surface area contributed by atoms with Crippen molar-refractivity contribution >= 4 is 16.9 Å². The van der Waals surface area contributed by atoms with Gasteiger partial charge in [0.1, 0.15) is 11.3 Å². The fraction of sp³-hybridized carbons (Fsp3) is 0.348. The maximum Gasteiger partial charge on any atom is 0.253 e. The van der Waals surface area contributed by atoms with E-state index in [4.69, 9.17) is 4.42 Å². The van der Waals surface area contributed by atoms with Crippen LogP contribution in [0.5, 0.6) is 0 Å². The van der Waals surface area contributed by atoms with Crippen molar-refractivity contribution < 1.29 is 9.21 Å². The van der Waals surface area contributed by atoms with Crippen LogP contribution in [0, 0.1) is 13.8 Å². The minimum absolute atomic E-state index is 0.0946. The zero-order valence-corrected chi connectivity index (χ0v) is 16.4. The molecule has 1 aliphatic rings. The molecular formula is C23H26N2O2. The lowest BCUT2D eigenvalue weighted by molar-refractivity contribution is 0.0782. The summed E-state index contributed by atoms with van der Waals surface area (Å²) < 4.78 is 5.63. The summed E-state index contributed by atoms with van der Waals surface area (Å²) in [5.74, 6) is 1.28. The summed E-state index contributed by atoms with van der Waals surface area (Å²) in [4.78, 5) is 17.4. The predicted molar refractivity (Wildman–Crippen MR) is 108 cm³/mol. The molecule has 140 valence electrons. The summed E-state index contributed by atoms with van der Waals surface area (Å²) in [5, 5.41) is 0.983. The number of carbonyl (C=O) groups is 1. The Morgan fingerprint density at radius 3 is 2.48 bits per heavy atom. The molecule has 0 N–H and O–H groups in total. The molecule has 1 aromatic heterocycles. The Labute approximate surface area is 160 Å². The van der Waals surface area contributed by atoms with E-state index in [1.54, 1.807) is 0 Å². The van der Waals surface area contributed by atoms with Gasteiger partial charge in [0, 0.05) is 36.0 Å². The lowest BCUT2D eigenvalue weighted by Crippen LogP contribution is -2.35. The highest BCUT2D eigenvalue weighted by Gasteiger charge is 2.37. The van der Waals surface area contributed by atoms with E-state index in [0.717, 1.165) is 35.4 Å². The van der Waals surface area contributed by atoms with E-state index in [1.165, 1.54) is 11.1 Å². The number of nitrogens with zero attached hydrogens (tertiary/aromatic N) is 2. The number of hydrogen-bond acceptors (Lipinski definition) is 3. The Balaban J connectivity index is 1.60. The average molecular weight is 362 g/mol. The Morgan fingerprint density at radius 2 is 1.78 bits per heavy atom. The number of likely N-dealkylation sites (N-methyl/N-ethyl adjacent to an activating group) is 1.